The second-order valence-corrected chi connectivity index (χ2v) is 4.93. The molecule has 1 aromatic rings. The first-order valence-electron chi connectivity index (χ1n) is 6.73. The van der Waals surface area contributed by atoms with E-state index in [1.54, 1.807) is 6.20 Å². The zero-order valence-electron chi connectivity index (χ0n) is 11.1. The molecule has 0 spiro atoms. The summed E-state index contributed by atoms with van der Waals surface area (Å²) in [5.41, 5.74) is 6.45. The summed E-state index contributed by atoms with van der Waals surface area (Å²) in [5.74, 6) is 0.855. The van der Waals surface area contributed by atoms with Gasteiger partial charge in [-0.25, -0.2) is 4.98 Å². The van der Waals surface area contributed by atoms with Gasteiger partial charge in [0.1, 0.15) is 10.8 Å². The number of pyridine rings is 1. The highest BCUT2D eigenvalue weighted by atomic mass is 32.1. The van der Waals surface area contributed by atoms with E-state index in [1.807, 2.05) is 12.1 Å². The van der Waals surface area contributed by atoms with Gasteiger partial charge < -0.3 is 11.1 Å². The summed E-state index contributed by atoms with van der Waals surface area (Å²) in [6.07, 6.45) is 9.53. The van der Waals surface area contributed by atoms with Gasteiger partial charge in [0.25, 0.3) is 0 Å². The zero-order chi connectivity index (χ0) is 13.2. The van der Waals surface area contributed by atoms with Gasteiger partial charge in [0.05, 0.1) is 0 Å². The molecule has 0 bridgehead atoms. The molecule has 1 aromatic heterocycles. The molecular weight excluding hydrogens is 242 g/mol. The van der Waals surface area contributed by atoms with Crippen LogP contribution in [0.2, 0.25) is 0 Å². The van der Waals surface area contributed by atoms with Crippen LogP contribution < -0.4 is 11.1 Å². The molecule has 0 saturated carbocycles. The van der Waals surface area contributed by atoms with Crippen LogP contribution in [0.4, 0.5) is 5.82 Å². The van der Waals surface area contributed by atoms with Crippen molar-refractivity contribution < 1.29 is 0 Å². The molecule has 0 aliphatic rings. The summed E-state index contributed by atoms with van der Waals surface area (Å²) in [4.78, 5) is 4.66. The average Bonchev–Trinajstić information content (AvgIpc) is 2.38. The van der Waals surface area contributed by atoms with Crippen LogP contribution in [0.5, 0.6) is 0 Å². The predicted octanol–water partition coefficient (Wildman–Crippen LogP) is 3.49. The Morgan fingerprint density at radius 1 is 1.28 bits per heavy atom. The number of thiocarbonyl (C=S) groups is 1. The molecule has 100 valence electrons. The Hall–Kier alpha value is -1.16. The number of nitrogens with zero attached hydrogens (tertiary/aromatic N) is 1. The highest BCUT2D eigenvalue weighted by Crippen LogP contribution is 2.08. The van der Waals surface area contributed by atoms with Gasteiger partial charge in [-0.15, -0.1) is 0 Å². The third-order valence-electron chi connectivity index (χ3n) is 2.88. The van der Waals surface area contributed by atoms with Crippen LogP contribution >= 0.6 is 12.2 Å². The summed E-state index contributed by atoms with van der Waals surface area (Å²) in [6, 6.07) is 3.73. The zero-order valence-corrected chi connectivity index (χ0v) is 11.9. The Balaban J connectivity index is 2.19. The van der Waals surface area contributed by atoms with E-state index in [1.165, 1.54) is 38.5 Å². The van der Waals surface area contributed by atoms with Crippen LogP contribution in [0.15, 0.2) is 18.3 Å². The number of unbranched alkanes of at least 4 members (excludes halogenated alkanes) is 5. The Morgan fingerprint density at radius 2 is 2.00 bits per heavy atom. The molecule has 1 heterocycles. The first-order valence-corrected chi connectivity index (χ1v) is 7.14. The fraction of sp³-hybridized carbons (Fsp3) is 0.571. The SMILES string of the molecule is CCCCCCCCNc1cc(C(N)=S)ccn1. The maximum Gasteiger partial charge on any atom is 0.126 e. The smallest absolute Gasteiger partial charge is 0.126 e. The van der Waals surface area contributed by atoms with Crippen molar-refractivity contribution in [2.24, 2.45) is 5.73 Å². The third kappa shape index (κ3) is 5.96. The van der Waals surface area contributed by atoms with Gasteiger partial charge >= 0.3 is 0 Å². The number of anilines is 1. The van der Waals surface area contributed by atoms with Crippen LogP contribution in [0.25, 0.3) is 0 Å². The van der Waals surface area contributed by atoms with Gasteiger partial charge in [-0.2, -0.15) is 0 Å². The maximum atomic E-state index is 5.58. The first kappa shape index (κ1) is 14.9. The van der Waals surface area contributed by atoms with Gasteiger partial charge in [0.15, 0.2) is 0 Å². The predicted molar refractivity (Wildman–Crippen MR) is 82.0 cm³/mol. The second kappa shape index (κ2) is 8.86. The summed E-state index contributed by atoms with van der Waals surface area (Å²) in [5, 5.41) is 3.30. The van der Waals surface area contributed by atoms with E-state index in [0.29, 0.717) is 4.99 Å². The van der Waals surface area contributed by atoms with Gasteiger partial charge in [-0.1, -0.05) is 51.2 Å². The molecule has 1 rings (SSSR count). The third-order valence-corrected chi connectivity index (χ3v) is 3.12. The molecule has 0 atom stereocenters. The van der Waals surface area contributed by atoms with Crippen LogP contribution in [-0.2, 0) is 0 Å². The number of nitrogens with one attached hydrogen (secondary N) is 1. The summed E-state index contributed by atoms with van der Waals surface area (Å²) in [7, 11) is 0. The number of hydrogen-bond acceptors (Lipinski definition) is 3. The quantitative estimate of drug-likeness (QED) is 0.530. The van der Waals surface area contributed by atoms with E-state index in [4.69, 9.17) is 18.0 Å². The molecule has 3 N–H and O–H groups in total. The molecule has 0 aliphatic heterocycles. The molecular formula is C14H23N3S. The van der Waals surface area contributed by atoms with Crippen molar-refractivity contribution in [3.8, 4) is 0 Å². The molecule has 18 heavy (non-hydrogen) atoms. The summed E-state index contributed by atoms with van der Waals surface area (Å²) < 4.78 is 0. The van der Waals surface area contributed by atoms with Crippen molar-refractivity contribution in [2.75, 3.05) is 11.9 Å². The van der Waals surface area contributed by atoms with Crippen molar-refractivity contribution in [2.45, 2.75) is 45.4 Å². The van der Waals surface area contributed by atoms with Crippen LogP contribution in [0.1, 0.15) is 51.0 Å². The summed E-state index contributed by atoms with van der Waals surface area (Å²) >= 11 is 4.94. The van der Waals surface area contributed by atoms with Crippen molar-refractivity contribution >= 4 is 23.0 Å². The lowest BCUT2D eigenvalue weighted by atomic mass is 10.1. The van der Waals surface area contributed by atoms with E-state index in [2.05, 4.69) is 17.2 Å². The minimum absolute atomic E-state index is 0.417. The van der Waals surface area contributed by atoms with Crippen molar-refractivity contribution in [3.63, 3.8) is 0 Å². The highest BCUT2D eigenvalue weighted by molar-refractivity contribution is 7.80. The normalized spacial score (nSPS) is 10.3. The van der Waals surface area contributed by atoms with Crippen LogP contribution in [-0.4, -0.2) is 16.5 Å². The van der Waals surface area contributed by atoms with E-state index in [0.717, 1.165) is 17.9 Å². The Labute approximate surface area is 115 Å². The van der Waals surface area contributed by atoms with Crippen LogP contribution in [0, 0.1) is 0 Å². The molecule has 0 amide bonds. The van der Waals surface area contributed by atoms with Gasteiger partial charge in [-0.05, 0) is 18.6 Å². The van der Waals surface area contributed by atoms with Gasteiger partial charge in [0.2, 0.25) is 0 Å². The van der Waals surface area contributed by atoms with Crippen molar-refractivity contribution in [3.05, 3.63) is 23.9 Å². The molecule has 0 aromatic carbocycles. The molecule has 3 nitrogen and oxygen atoms in total. The van der Waals surface area contributed by atoms with Gasteiger partial charge in [-0.3, -0.25) is 0 Å². The van der Waals surface area contributed by atoms with E-state index >= 15 is 0 Å². The first-order chi connectivity index (χ1) is 8.74. The number of aromatic nitrogens is 1. The van der Waals surface area contributed by atoms with E-state index in [9.17, 15) is 0 Å². The van der Waals surface area contributed by atoms with Crippen LogP contribution in [0.3, 0.4) is 0 Å². The Bertz CT molecular complexity index is 366. The lowest BCUT2D eigenvalue weighted by molar-refractivity contribution is 0.617. The number of nitrogens with two attached hydrogens (primary N) is 1. The average molecular weight is 265 g/mol. The molecule has 0 saturated heterocycles. The number of rotatable bonds is 9. The topological polar surface area (TPSA) is 50.9 Å². The van der Waals surface area contributed by atoms with E-state index in [-0.39, 0.29) is 0 Å². The second-order valence-electron chi connectivity index (χ2n) is 4.49. The molecule has 4 heteroatoms. The van der Waals surface area contributed by atoms with Gasteiger partial charge in [0, 0.05) is 18.3 Å². The molecule has 0 fully saturated rings. The molecule has 0 radical (unpaired) electrons. The lowest BCUT2D eigenvalue weighted by Gasteiger charge is -2.06. The fourth-order valence-electron chi connectivity index (χ4n) is 1.80. The van der Waals surface area contributed by atoms with Crippen molar-refractivity contribution in [1.29, 1.82) is 0 Å². The largest absolute Gasteiger partial charge is 0.389 e. The monoisotopic (exact) mass is 265 g/mol. The minimum atomic E-state index is 0.417. The van der Waals surface area contributed by atoms with E-state index < -0.39 is 0 Å². The lowest BCUT2D eigenvalue weighted by Crippen LogP contribution is -2.11. The molecule has 0 aliphatic carbocycles. The Kier molecular flexibility index (Phi) is 7.34. The fourth-order valence-corrected chi connectivity index (χ4v) is 1.93. The number of hydrogen-bond donors (Lipinski definition) is 2. The Morgan fingerprint density at radius 3 is 2.72 bits per heavy atom. The summed E-state index contributed by atoms with van der Waals surface area (Å²) in [6.45, 7) is 3.20. The van der Waals surface area contributed by atoms with Crippen molar-refractivity contribution in [1.82, 2.24) is 4.98 Å². The minimum Gasteiger partial charge on any atom is -0.389 e. The maximum absolute atomic E-state index is 5.58. The highest BCUT2D eigenvalue weighted by Gasteiger charge is 1.98. The molecule has 0 unspecified atom stereocenters. The standard InChI is InChI=1S/C14H23N3S/c1-2-3-4-5-6-7-9-16-13-11-12(14(15)18)8-10-17-13/h8,10-11H,2-7,9H2,1H3,(H2,15,18)(H,16,17).